The number of urea groups is 1. The minimum absolute atomic E-state index is 0.0389. The molecule has 6 nitrogen and oxygen atoms in total. The second-order valence-corrected chi connectivity index (χ2v) is 7.79. The van der Waals surface area contributed by atoms with E-state index in [0.29, 0.717) is 6.54 Å². The molecule has 136 valence electrons. The summed E-state index contributed by atoms with van der Waals surface area (Å²) >= 11 is 1.79. The van der Waals surface area contributed by atoms with Gasteiger partial charge in [-0.15, -0.1) is 11.3 Å². The van der Waals surface area contributed by atoms with E-state index in [1.165, 1.54) is 4.88 Å². The molecule has 1 saturated heterocycles. The molecule has 0 saturated carbocycles. The quantitative estimate of drug-likeness (QED) is 0.887. The van der Waals surface area contributed by atoms with Crippen molar-refractivity contribution in [3.8, 4) is 0 Å². The summed E-state index contributed by atoms with van der Waals surface area (Å²) in [5.41, 5.74) is 1.83. The van der Waals surface area contributed by atoms with Gasteiger partial charge in [-0.3, -0.25) is 4.90 Å². The normalized spacial score (nSPS) is 18.3. The summed E-state index contributed by atoms with van der Waals surface area (Å²) in [5, 5.41) is 9.24. The third-order valence-corrected chi connectivity index (χ3v) is 5.58. The number of carbonyl (C=O) groups excluding carboxylic acids is 1. The lowest BCUT2D eigenvalue weighted by Gasteiger charge is -2.33. The molecule has 1 fully saturated rings. The number of aromatic nitrogens is 1. The fourth-order valence-electron chi connectivity index (χ4n) is 3.26. The maximum absolute atomic E-state index is 12.5. The Balaban J connectivity index is 1.51. The van der Waals surface area contributed by atoms with Crippen molar-refractivity contribution in [3.05, 3.63) is 39.4 Å². The maximum atomic E-state index is 12.5. The van der Waals surface area contributed by atoms with Crippen LogP contribution in [0.1, 0.15) is 34.7 Å². The van der Waals surface area contributed by atoms with E-state index in [1.54, 1.807) is 16.2 Å². The van der Waals surface area contributed by atoms with Crippen molar-refractivity contribution in [2.24, 2.45) is 0 Å². The maximum Gasteiger partial charge on any atom is 0.317 e. The van der Waals surface area contributed by atoms with Gasteiger partial charge in [0.2, 0.25) is 0 Å². The van der Waals surface area contributed by atoms with Gasteiger partial charge >= 0.3 is 6.03 Å². The van der Waals surface area contributed by atoms with Crippen LogP contribution in [-0.2, 0) is 13.1 Å². The number of rotatable bonds is 5. The van der Waals surface area contributed by atoms with Gasteiger partial charge in [0, 0.05) is 36.6 Å². The average Bonchev–Trinajstić information content (AvgIpc) is 3.20. The first-order valence-corrected chi connectivity index (χ1v) is 9.59. The Morgan fingerprint density at radius 1 is 1.52 bits per heavy atom. The summed E-state index contributed by atoms with van der Waals surface area (Å²) in [5.74, 6) is 0.775. The molecule has 3 rings (SSSR count). The average molecular weight is 362 g/mol. The van der Waals surface area contributed by atoms with Crippen LogP contribution in [0.5, 0.6) is 0 Å². The first-order valence-electron chi connectivity index (χ1n) is 8.71. The van der Waals surface area contributed by atoms with Crippen LogP contribution in [0.15, 0.2) is 22.0 Å². The zero-order valence-electron chi connectivity index (χ0n) is 15.1. The number of nitrogens with one attached hydrogen (secondary N) is 1. The molecule has 3 heterocycles. The van der Waals surface area contributed by atoms with Gasteiger partial charge in [0.25, 0.3) is 0 Å². The third kappa shape index (κ3) is 4.61. The summed E-state index contributed by atoms with van der Waals surface area (Å²) in [6.45, 7) is 7.27. The molecule has 7 heteroatoms. The highest BCUT2D eigenvalue weighted by atomic mass is 32.1. The van der Waals surface area contributed by atoms with E-state index in [2.05, 4.69) is 32.9 Å². The number of hydrogen-bond acceptors (Lipinski definition) is 5. The van der Waals surface area contributed by atoms with E-state index in [0.717, 1.165) is 49.5 Å². The number of piperidine rings is 1. The minimum atomic E-state index is -0.0389. The molecule has 1 atom stereocenters. The van der Waals surface area contributed by atoms with Crippen molar-refractivity contribution in [1.82, 2.24) is 20.3 Å². The number of carbonyl (C=O) groups is 1. The Labute approximate surface area is 152 Å². The SMILES string of the molecule is Cc1noc(C)c1CN(C)C(=O)N[C@@H]1CCCN(Cc2cccs2)C1. The second-order valence-electron chi connectivity index (χ2n) is 6.76. The van der Waals surface area contributed by atoms with E-state index < -0.39 is 0 Å². The monoisotopic (exact) mass is 362 g/mol. The summed E-state index contributed by atoms with van der Waals surface area (Å²) in [7, 11) is 1.81. The van der Waals surface area contributed by atoms with Crippen LogP contribution < -0.4 is 5.32 Å². The van der Waals surface area contributed by atoms with Crippen molar-refractivity contribution in [1.29, 1.82) is 0 Å². The minimum Gasteiger partial charge on any atom is -0.361 e. The number of aryl methyl sites for hydroxylation is 2. The number of amides is 2. The van der Waals surface area contributed by atoms with Crippen molar-refractivity contribution in [3.63, 3.8) is 0 Å². The Morgan fingerprint density at radius 3 is 3.04 bits per heavy atom. The molecular formula is C18H26N4O2S. The molecule has 0 bridgehead atoms. The first-order chi connectivity index (χ1) is 12.0. The summed E-state index contributed by atoms with van der Waals surface area (Å²) in [6.07, 6.45) is 2.15. The first kappa shape index (κ1) is 17.9. The Morgan fingerprint density at radius 2 is 2.36 bits per heavy atom. The fraction of sp³-hybridized carbons (Fsp3) is 0.556. The Hall–Kier alpha value is -1.86. The molecule has 1 N–H and O–H groups in total. The predicted octanol–water partition coefficient (Wildman–Crippen LogP) is 3.16. The van der Waals surface area contributed by atoms with Crippen LogP contribution in [0.25, 0.3) is 0 Å². The second kappa shape index (κ2) is 8.01. The van der Waals surface area contributed by atoms with Gasteiger partial charge in [-0.05, 0) is 44.7 Å². The summed E-state index contributed by atoms with van der Waals surface area (Å²) in [6, 6.07) is 4.42. The van der Waals surface area contributed by atoms with Crippen LogP contribution in [0, 0.1) is 13.8 Å². The highest BCUT2D eigenvalue weighted by molar-refractivity contribution is 7.09. The zero-order chi connectivity index (χ0) is 17.8. The lowest BCUT2D eigenvalue weighted by molar-refractivity contribution is 0.168. The molecule has 1 aliphatic rings. The number of nitrogens with zero attached hydrogens (tertiary/aromatic N) is 3. The van der Waals surface area contributed by atoms with Gasteiger partial charge in [0.15, 0.2) is 0 Å². The van der Waals surface area contributed by atoms with Gasteiger partial charge in [-0.2, -0.15) is 0 Å². The Bertz CT molecular complexity index is 679. The summed E-state index contributed by atoms with van der Waals surface area (Å²) in [4.78, 5) is 18.0. The number of likely N-dealkylation sites (tertiary alicyclic amines) is 1. The Kier molecular flexibility index (Phi) is 5.75. The smallest absolute Gasteiger partial charge is 0.317 e. The molecule has 2 amide bonds. The molecule has 1 aliphatic heterocycles. The van der Waals surface area contributed by atoms with E-state index in [1.807, 2.05) is 20.9 Å². The van der Waals surface area contributed by atoms with Gasteiger partial charge in [-0.1, -0.05) is 11.2 Å². The largest absolute Gasteiger partial charge is 0.361 e. The molecule has 0 radical (unpaired) electrons. The molecule has 2 aromatic heterocycles. The topological polar surface area (TPSA) is 61.6 Å². The standard InChI is InChI=1S/C18H26N4O2S/c1-13-17(14(2)24-20-13)12-21(3)18(23)19-15-6-4-8-22(10-15)11-16-7-5-9-25-16/h5,7,9,15H,4,6,8,10-12H2,1-3H3,(H,19,23)/t15-/m1/s1. The molecule has 0 aromatic carbocycles. The van der Waals surface area contributed by atoms with Crippen LogP contribution in [-0.4, -0.2) is 47.2 Å². The zero-order valence-corrected chi connectivity index (χ0v) is 15.9. The third-order valence-electron chi connectivity index (χ3n) is 4.72. The van der Waals surface area contributed by atoms with E-state index >= 15 is 0 Å². The molecule has 0 aliphatic carbocycles. The molecule has 25 heavy (non-hydrogen) atoms. The highest BCUT2D eigenvalue weighted by Gasteiger charge is 2.23. The van der Waals surface area contributed by atoms with Crippen molar-refractivity contribution >= 4 is 17.4 Å². The lowest BCUT2D eigenvalue weighted by atomic mass is 10.1. The van der Waals surface area contributed by atoms with Crippen molar-refractivity contribution < 1.29 is 9.32 Å². The fourth-order valence-corrected chi connectivity index (χ4v) is 4.01. The highest BCUT2D eigenvalue weighted by Crippen LogP contribution is 2.18. The van der Waals surface area contributed by atoms with Crippen LogP contribution in [0.2, 0.25) is 0 Å². The van der Waals surface area contributed by atoms with Crippen LogP contribution in [0.4, 0.5) is 4.79 Å². The van der Waals surface area contributed by atoms with Gasteiger partial charge in [-0.25, -0.2) is 4.79 Å². The molecule has 0 unspecified atom stereocenters. The van der Waals surface area contributed by atoms with Crippen LogP contribution >= 0.6 is 11.3 Å². The van der Waals surface area contributed by atoms with E-state index in [-0.39, 0.29) is 12.1 Å². The van der Waals surface area contributed by atoms with Gasteiger partial charge in [0.1, 0.15) is 5.76 Å². The van der Waals surface area contributed by atoms with Crippen molar-refractivity contribution in [2.75, 3.05) is 20.1 Å². The van der Waals surface area contributed by atoms with Crippen LogP contribution in [0.3, 0.4) is 0 Å². The summed E-state index contributed by atoms with van der Waals surface area (Å²) < 4.78 is 5.18. The van der Waals surface area contributed by atoms with Crippen molar-refractivity contribution in [2.45, 2.75) is 45.8 Å². The number of thiophene rings is 1. The molecule has 0 spiro atoms. The number of hydrogen-bond donors (Lipinski definition) is 1. The molecular weight excluding hydrogens is 336 g/mol. The lowest BCUT2D eigenvalue weighted by Crippen LogP contribution is -2.50. The van der Waals surface area contributed by atoms with Gasteiger partial charge < -0.3 is 14.7 Å². The van der Waals surface area contributed by atoms with E-state index in [9.17, 15) is 4.79 Å². The molecule has 2 aromatic rings. The predicted molar refractivity (Wildman–Crippen MR) is 98.6 cm³/mol. The van der Waals surface area contributed by atoms with Gasteiger partial charge in [0.05, 0.1) is 12.2 Å². The van der Waals surface area contributed by atoms with E-state index in [4.69, 9.17) is 4.52 Å².